The minimum Gasteiger partial charge on any atom is -0.497 e. The van der Waals surface area contributed by atoms with E-state index in [1.165, 1.54) is 31.2 Å². The van der Waals surface area contributed by atoms with Crippen LogP contribution in [0.2, 0.25) is 0 Å². The summed E-state index contributed by atoms with van der Waals surface area (Å²) in [5, 5.41) is 9.36. The van der Waals surface area contributed by atoms with Gasteiger partial charge in [-0.3, -0.25) is 10.0 Å². The van der Waals surface area contributed by atoms with E-state index in [1.54, 1.807) is 24.7 Å². The van der Waals surface area contributed by atoms with Crippen molar-refractivity contribution >= 4 is 22.0 Å². The van der Waals surface area contributed by atoms with Crippen molar-refractivity contribution in [2.24, 2.45) is 5.92 Å². The van der Waals surface area contributed by atoms with Gasteiger partial charge in [-0.2, -0.15) is 4.31 Å². The van der Waals surface area contributed by atoms with Crippen LogP contribution < -0.4 is 10.2 Å². The lowest BCUT2D eigenvalue weighted by Crippen LogP contribution is -2.53. The molecule has 1 unspecified atom stereocenters. The van der Waals surface area contributed by atoms with Crippen molar-refractivity contribution in [2.75, 3.05) is 47.6 Å². The molecule has 0 spiro atoms. The zero-order valence-corrected chi connectivity index (χ0v) is 21.9. The SMILES string of the molecule is COCCOC(=O)N1CCC(C(C(=O)NO)N(C)S(=O)(=O)c2ccc(-c3ccc(OC)cc3)cc2)CC1. The fraction of sp³-hybridized carbons (Fsp3) is 0.440. The molecule has 2 aromatic carbocycles. The minimum absolute atomic E-state index is 0.0159. The Morgan fingerprint density at radius 1 is 1.03 bits per heavy atom. The van der Waals surface area contributed by atoms with Gasteiger partial charge in [0.25, 0.3) is 5.91 Å². The summed E-state index contributed by atoms with van der Waals surface area (Å²) in [6, 6.07) is 12.6. The Morgan fingerprint density at radius 2 is 1.59 bits per heavy atom. The summed E-state index contributed by atoms with van der Waals surface area (Å²) in [5.41, 5.74) is 3.31. The van der Waals surface area contributed by atoms with Gasteiger partial charge in [0.1, 0.15) is 18.4 Å². The minimum atomic E-state index is -4.07. The number of likely N-dealkylation sites (N-methyl/N-ethyl adjacent to an activating group) is 1. The Labute approximate surface area is 216 Å². The number of carbonyl (C=O) groups is 2. The lowest BCUT2D eigenvalue weighted by molar-refractivity contribution is -0.135. The molecule has 1 heterocycles. The molecule has 2 N–H and O–H groups in total. The highest BCUT2D eigenvalue weighted by Crippen LogP contribution is 2.29. The molecule has 1 saturated heterocycles. The number of piperidine rings is 1. The monoisotopic (exact) mass is 535 g/mol. The molecule has 3 rings (SSSR count). The molecule has 0 radical (unpaired) electrons. The summed E-state index contributed by atoms with van der Waals surface area (Å²) in [5.74, 6) is -0.540. The molecule has 202 valence electrons. The van der Waals surface area contributed by atoms with Crippen molar-refractivity contribution in [3.8, 4) is 16.9 Å². The van der Waals surface area contributed by atoms with Gasteiger partial charge in [0, 0.05) is 27.2 Å². The summed E-state index contributed by atoms with van der Waals surface area (Å²) in [7, 11) is 0.329. The van der Waals surface area contributed by atoms with Gasteiger partial charge in [0.2, 0.25) is 10.0 Å². The van der Waals surface area contributed by atoms with E-state index in [2.05, 4.69) is 0 Å². The van der Waals surface area contributed by atoms with Crippen molar-refractivity contribution in [1.82, 2.24) is 14.7 Å². The summed E-state index contributed by atoms with van der Waals surface area (Å²) >= 11 is 0. The maximum absolute atomic E-state index is 13.4. The van der Waals surface area contributed by atoms with Gasteiger partial charge in [-0.1, -0.05) is 24.3 Å². The summed E-state index contributed by atoms with van der Waals surface area (Å²) in [6.45, 7) is 0.986. The highest BCUT2D eigenvalue weighted by atomic mass is 32.2. The molecular formula is C25H33N3O8S. The highest BCUT2D eigenvalue weighted by Gasteiger charge is 2.40. The number of hydrogen-bond acceptors (Lipinski definition) is 8. The summed E-state index contributed by atoms with van der Waals surface area (Å²) in [6.07, 6.45) is 0.221. The van der Waals surface area contributed by atoms with E-state index in [4.69, 9.17) is 14.2 Å². The van der Waals surface area contributed by atoms with E-state index < -0.39 is 34.0 Å². The second-order valence-corrected chi connectivity index (χ2v) is 10.6. The number of hydrogen-bond donors (Lipinski definition) is 2. The van der Waals surface area contributed by atoms with Crippen LogP contribution in [-0.2, 0) is 24.3 Å². The number of nitrogens with zero attached hydrogens (tertiary/aromatic N) is 2. The number of hydroxylamine groups is 1. The number of amides is 2. The van der Waals surface area contributed by atoms with E-state index in [-0.39, 0.29) is 31.2 Å². The van der Waals surface area contributed by atoms with Gasteiger partial charge < -0.3 is 19.1 Å². The molecule has 0 aliphatic carbocycles. The zero-order valence-electron chi connectivity index (χ0n) is 21.1. The molecule has 1 aliphatic rings. The maximum Gasteiger partial charge on any atom is 0.409 e. The molecule has 0 bridgehead atoms. The van der Waals surface area contributed by atoms with Crippen LogP contribution >= 0.6 is 0 Å². The van der Waals surface area contributed by atoms with Gasteiger partial charge in [-0.25, -0.2) is 18.7 Å². The molecule has 2 aromatic rings. The van der Waals surface area contributed by atoms with Crippen LogP contribution in [0.4, 0.5) is 4.79 Å². The van der Waals surface area contributed by atoms with Crippen molar-refractivity contribution < 1.29 is 37.4 Å². The van der Waals surface area contributed by atoms with Crippen molar-refractivity contribution in [3.05, 3.63) is 48.5 Å². The second kappa shape index (κ2) is 12.9. The van der Waals surface area contributed by atoms with E-state index >= 15 is 0 Å². The van der Waals surface area contributed by atoms with Crippen LogP contribution in [0.15, 0.2) is 53.4 Å². The predicted octanol–water partition coefficient (Wildman–Crippen LogP) is 2.35. The molecule has 1 atom stereocenters. The third kappa shape index (κ3) is 6.77. The molecule has 1 fully saturated rings. The molecule has 2 amide bonds. The smallest absolute Gasteiger partial charge is 0.409 e. The molecule has 0 saturated carbocycles. The molecular weight excluding hydrogens is 502 g/mol. The first-order valence-corrected chi connectivity index (χ1v) is 13.2. The Morgan fingerprint density at radius 3 is 2.11 bits per heavy atom. The van der Waals surface area contributed by atoms with Crippen LogP contribution in [0.5, 0.6) is 5.75 Å². The normalized spacial score (nSPS) is 15.3. The maximum atomic E-state index is 13.4. The van der Waals surface area contributed by atoms with Crippen LogP contribution in [-0.4, -0.2) is 88.4 Å². The fourth-order valence-electron chi connectivity index (χ4n) is 4.36. The Bertz CT molecular complexity index is 1150. The fourth-order valence-corrected chi connectivity index (χ4v) is 5.74. The van der Waals surface area contributed by atoms with Gasteiger partial charge in [0.15, 0.2) is 0 Å². The number of nitrogens with one attached hydrogen (secondary N) is 1. The summed E-state index contributed by atoms with van der Waals surface area (Å²) in [4.78, 5) is 26.3. The standard InChI is InChI=1S/C25H33N3O8S/c1-27(23(24(29)26-31)20-12-14-28(15-13-20)25(30)36-17-16-34-2)37(32,33)22-10-6-19(7-11-22)18-4-8-21(35-3)9-5-18/h4-11,20,23,31H,12-17H2,1-3H3,(H,26,29). The van der Waals surface area contributed by atoms with E-state index in [1.807, 2.05) is 24.3 Å². The average molecular weight is 536 g/mol. The van der Waals surface area contributed by atoms with Crippen LogP contribution in [0.1, 0.15) is 12.8 Å². The first-order valence-electron chi connectivity index (χ1n) is 11.8. The van der Waals surface area contributed by atoms with Crippen LogP contribution in [0.25, 0.3) is 11.1 Å². The van der Waals surface area contributed by atoms with E-state index in [0.717, 1.165) is 15.4 Å². The van der Waals surface area contributed by atoms with E-state index in [0.29, 0.717) is 18.6 Å². The molecule has 11 nitrogen and oxygen atoms in total. The second-order valence-electron chi connectivity index (χ2n) is 8.63. The number of sulfonamides is 1. The quantitative estimate of drug-likeness (QED) is 0.269. The topological polar surface area (TPSA) is 135 Å². The molecule has 1 aliphatic heterocycles. The van der Waals surface area contributed by atoms with Gasteiger partial charge in [-0.15, -0.1) is 0 Å². The number of carbonyl (C=O) groups excluding carboxylic acids is 2. The van der Waals surface area contributed by atoms with Crippen molar-refractivity contribution in [3.63, 3.8) is 0 Å². The summed E-state index contributed by atoms with van der Waals surface area (Å²) < 4.78 is 43.0. The average Bonchev–Trinajstić information content (AvgIpc) is 2.93. The van der Waals surface area contributed by atoms with E-state index in [9.17, 15) is 23.2 Å². The number of ether oxygens (including phenoxy) is 3. The van der Waals surface area contributed by atoms with Gasteiger partial charge in [-0.05, 0) is 54.2 Å². The number of rotatable bonds is 10. The van der Waals surface area contributed by atoms with Crippen LogP contribution in [0, 0.1) is 5.92 Å². The Hall–Kier alpha value is -3.19. The third-order valence-corrected chi connectivity index (χ3v) is 8.34. The Balaban J connectivity index is 1.73. The number of methoxy groups -OCH3 is 2. The van der Waals surface area contributed by atoms with Crippen molar-refractivity contribution in [2.45, 2.75) is 23.8 Å². The highest BCUT2D eigenvalue weighted by molar-refractivity contribution is 7.89. The zero-order chi connectivity index (χ0) is 27.0. The third-order valence-electron chi connectivity index (χ3n) is 6.48. The number of benzene rings is 2. The first-order chi connectivity index (χ1) is 17.7. The first kappa shape index (κ1) is 28.4. The van der Waals surface area contributed by atoms with Gasteiger partial charge >= 0.3 is 6.09 Å². The van der Waals surface area contributed by atoms with Gasteiger partial charge in [0.05, 0.1) is 18.6 Å². The van der Waals surface area contributed by atoms with Crippen molar-refractivity contribution in [1.29, 1.82) is 0 Å². The predicted molar refractivity (Wildman–Crippen MR) is 135 cm³/mol. The molecule has 12 heteroatoms. The lowest BCUT2D eigenvalue weighted by Gasteiger charge is -2.37. The lowest BCUT2D eigenvalue weighted by atomic mass is 9.89. The molecule has 37 heavy (non-hydrogen) atoms. The Kier molecular flexibility index (Phi) is 9.86. The number of likely N-dealkylation sites (tertiary alicyclic amines) is 1. The van der Waals surface area contributed by atoms with Crippen LogP contribution in [0.3, 0.4) is 0 Å². The largest absolute Gasteiger partial charge is 0.497 e. The molecule has 0 aromatic heterocycles.